The summed E-state index contributed by atoms with van der Waals surface area (Å²) >= 11 is 0. The number of ether oxygens (including phenoxy) is 1. The molecule has 1 unspecified atom stereocenters. The standard InChI is InChI=1S/C29H37NO4/c1-18(2)34-17-29(32)13-11-26-23-9-8-21-14-27(31)25(20-6-4-19(5-7-20)16-30-33)15-24(21)22(23)10-12-28(26,29)3/h4-7,14,16,18,23,25-26,32-33H,8-13,15,17H2,1-3H3/t23-,25?,26+,28+,29-/m1/s1. The monoisotopic (exact) mass is 463 g/mol. The van der Waals surface area contributed by atoms with Crippen LogP contribution in [0.15, 0.2) is 52.2 Å². The van der Waals surface area contributed by atoms with Gasteiger partial charge in [0.1, 0.15) is 0 Å². The number of allylic oxidation sites excluding steroid dienone is 4. The third-order valence-electron chi connectivity index (χ3n) is 9.37. The molecule has 0 bridgehead atoms. The van der Waals surface area contributed by atoms with Gasteiger partial charge in [0, 0.05) is 5.41 Å². The van der Waals surface area contributed by atoms with Gasteiger partial charge in [0.15, 0.2) is 5.78 Å². The summed E-state index contributed by atoms with van der Waals surface area (Å²) in [5.41, 5.74) is 5.18. The fraction of sp³-hybridized carbons (Fsp3) is 0.586. The molecule has 0 aliphatic heterocycles. The van der Waals surface area contributed by atoms with Gasteiger partial charge >= 0.3 is 0 Å². The molecule has 4 aliphatic carbocycles. The summed E-state index contributed by atoms with van der Waals surface area (Å²) in [7, 11) is 0. The van der Waals surface area contributed by atoms with E-state index in [1.807, 2.05) is 44.2 Å². The van der Waals surface area contributed by atoms with Gasteiger partial charge in [0.05, 0.1) is 30.4 Å². The van der Waals surface area contributed by atoms with Crippen molar-refractivity contribution in [3.05, 3.63) is 58.2 Å². The SMILES string of the molecule is CC(C)OC[C@]1(O)CC[C@H]2[C@@H]3CCC4=CC(=O)C(c5ccc(C=NO)cc5)CC4=C3CC[C@@]21C. The van der Waals surface area contributed by atoms with Gasteiger partial charge in [-0.2, -0.15) is 0 Å². The predicted octanol–water partition coefficient (Wildman–Crippen LogP) is 5.55. The first-order valence-corrected chi connectivity index (χ1v) is 12.8. The summed E-state index contributed by atoms with van der Waals surface area (Å²) in [6.45, 7) is 6.79. The Morgan fingerprint density at radius 2 is 1.94 bits per heavy atom. The van der Waals surface area contributed by atoms with Crippen LogP contribution in [-0.4, -0.2) is 40.6 Å². The van der Waals surface area contributed by atoms with Crippen LogP contribution in [0.25, 0.3) is 0 Å². The number of hydrogen-bond acceptors (Lipinski definition) is 5. The second kappa shape index (κ2) is 8.76. The van der Waals surface area contributed by atoms with E-state index in [2.05, 4.69) is 12.1 Å². The Labute approximate surface area is 202 Å². The maximum absolute atomic E-state index is 13.1. The van der Waals surface area contributed by atoms with Crippen LogP contribution in [0.5, 0.6) is 0 Å². The lowest BCUT2D eigenvalue weighted by Crippen LogP contribution is -2.52. The van der Waals surface area contributed by atoms with Crippen molar-refractivity contribution in [2.45, 2.75) is 83.3 Å². The van der Waals surface area contributed by atoms with E-state index < -0.39 is 5.60 Å². The first-order valence-electron chi connectivity index (χ1n) is 12.8. The molecule has 2 N–H and O–H groups in total. The van der Waals surface area contributed by atoms with E-state index >= 15 is 0 Å². The van der Waals surface area contributed by atoms with E-state index in [4.69, 9.17) is 9.94 Å². The maximum Gasteiger partial charge on any atom is 0.163 e. The minimum atomic E-state index is -0.751. The molecule has 1 aromatic carbocycles. The molecule has 5 heteroatoms. The number of rotatable bonds is 5. The van der Waals surface area contributed by atoms with Gasteiger partial charge in [-0.15, -0.1) is 0 Å². The number of aliphatic hydroxyl groups is 1. The van der Waals surface area contributed by atoms with Crippen molar-refractivity contribution in [3.63, 3.8) is 0 Å². The minimum absolute atomic E-state index is 0.119. The molecule has 4 aliphatic rings. The second-order valence-electron chi connectivity index (χ2n) is 11.3. The van der Waals surface area contributed by atoms with Crippen molar-refractivity contribution < 1.29 is 19.8 Å². The van der Waals surface area contributed by atoms with Gasteiger partial charge in [0.25, 0.3) is 0 Å². The van der Waals surface area contributed by atoms with E-state index in [9.17, 15) is 9.90 Å². The lowest BCUT2D eigenvalue weighted by atomic mass is 9.54. The molecule has 0 spiro atoms. The Morgan fingerprint density at radius 3 is 2.65 bits per heavy atom. The first kappa shape index (κ1) is 23.5. The highest BCUT2D eigenvalue weighted by atomic mass is 16.5. The molecule has 5 rings (SSSR count). The van der Waals surface area contributed by atoms with Crippen molar-refractivity contribution in [1.29, 1.82) is 0 Å². The van der Waals surface area contributed by atoms with Crippen LogP contribution < -0.4 is 0 Å². The molecule has 0 saturated heterocycles. The van der Waals surface area contributed by atoms with E-state index in [1.165, 1.54) is 17.4 Å². The van der Waals surface area contributed by atoms with Crippen LogP contribution in [-0.2, 0) is 9.53 Å². The average molecular weight is 464 g/mol. The molecule has 0 aromatic heterocycles. The summed E-state index contributed by atoms with van der Waals surface area (Å²) in [5.74, 6) is 1.01. The molecule has 0 radical (unpaired) electrons. The van der Waals surface area contributed by atoms with Crippen LogP contribution in [0.4, 0.5) is 0 Å². The number of nitrogens with zero attached hydrogens (tertiary/aromatic N) is 1. The van der Waals surface area contributed by atoms with E-state index in [0.717, 1.165) is 56.1 Å². The van der Waals surface area contributed by atoms with E-state index in [0.29, 0.717) is 18.4 Å². The van der Waals surface area contributed by atoms with Gasteiger partial charge in [0.2, 0.25) is 0 Å². The van der Waals surface area contributed by atoms with Crippen molar-refractivity contribution in [3.8, 4) is 0 Å². The van der Waals surface area contributed by atoms with Crippen molar-refractivity contribution in [2.75, 3.05) is 6.61 Å². The zero-order valence-electron chi connectivity index (χ0n) is 20.6. The molecule has 1 aromatic rings. The van der Waals surface area contributed by atoms with Crippen LogP contribution in [0.3, 0.4) is 0 Å². The molecule has 5 nitrogen and oxygen atoms in total. The van der Waals surface area contributed by atoms with Crippen molar-refractivity contribution in [1.82, 2.24) is 0 Å². The molecule has 34 heavy (non-hydrogen) atoms. The van der Waals surface area contributed by atoms with Crippen LogP contribution in [0, 0.1) is 17.3 Å². The fourth-order valence-corrected chi connectivity index (χ4v) is 7.35. The zero-order valence-corrected chi connectivity index (χ0v) is 20.6. The fourth-order valence-electron chi connectivity index (χ4n) is 7.35. The topological polar surface area (TPSA) is 79.1 Å². The van der Waals surface area contributed by atoms with Gasteiger partial charge in [-0.05, 0) is 99.0 Å². The van der Waals surface area contributed by atoms with Crippen LogP contribution in [0.2, 0.25) is 0 Å². The molecule has 2 saturated carbocycles. The Kier molecular flexibility index (Phi) is 6.06. The number of hydrogen-bond donors (Lipinski definition) is 2. The normalized spacial score (nSPS) is 35.4. The summed E-state index contributed by atoms with van der Waals surface area (Å²) < 4.78 is 5.93. The van der Waals surface area contributed by atoms with Gasteiger partial charge < -0.3 is 15.1 Å². The van der Waals surface area contributed by atoms with E-state index in [-0.39, 0.29) is 23.2 Å². The smallest absolute Gasteiger partial charge is 0.163 e. The van der Waals surface area contributed by atoms with Gasteiger partial charge in [-0.1, -0.05) is 41.9 Å². The minimum Gasteiger partial charge on any atom is -0.411 e. The summed E-state index contributed by atoms with van der Waals surface area (Å²) in [6, 6.07) is 7.75. The Balaban J connectivity index is 1.43. The Hall–Kier alpha value is -2.24. The van der Waals surface area contributed by atoms with E-state index in [1.54, 1.807) is 5.57 Å². The number of oxime groups is 1. The number of fused-ring (bicyclic) bond motifs is 4. The number of ketones is 1. The summed E-state index contributed by atoms with van der Waals surface area (Å²) in [6.07, 6.45) is 10.1. The van der Waals surface area contributed by atoms with Crippen molar-refractivity contribution >= 4 is 12.0 Å². The molecular weight excluding hydrogens is 426 g/mol. The lowest BCUT2D eigenvalue weighted by molar-refractivity contribution is -0.141. The third kappa shape index (κ3) is 3.77. The summed E-state index contributed by atoms with van der Waals surface area (Å²) in [5, 5.41) is 23.5. The molecular formula is C29H37NO4. The van der Waals surface area contributed by atoms with Crippen molar-refractivity contribution in [2.24, 2.45) is 22.4 Å². The molecule has 182 valence electrons. The number of benzene rings is 1. The molecule has 0 amide bonds. The molecule has 5 atom stereocenters. The Morgan fingerprint density at radius 1 is 1.18 bits per heavy atom. The quantitative estimate of drug-likeness (QED) is 0.341. The molecule has 2 fully saturated rings. The zero-order chi connectivity index (χ0) is 24.1. The highest BCUT2D eigenvalue weighted by molar-refractivity contribution is 5.98. The van der Waals surface area contributed by atoms with Crippen LogP contribution in [0.1, 0.15) is 82.8 Å². The third-order valence-corrected chi connectivity index (χ3v) is 9.37. The summed E-state index contributed by atoms with van der Waals surface area (Å²) in [4.78, 5) is 13.1. The van der Waals surface area contributed by atoms with Gasteiger partial charge in [-0.3, -0.25) is 4.79 Å². The highest BCUT2D eigenvalue weighted by Gasteiger charge is 2.61. The average Bonchev–Trinajstić information content (AvgIpc) is 3.09. The van der Waals surface area contributed by atoms with Gasteiger partial charge in [-0.25, -0.2) is 0 Å². The Bertz CT molecular complexity index is 1050. The maximum atomic E-state index is 13.1. The number of carbonyl (C=O) groups excluding carboxylic acids is 1. The largest absolute Gasteiger partial charge is 0.411 e. The lowest BCUT2D eigenvalue weighted by Gasteiger charge is -2.52. The highest BCUT2D eigenvalue weighted by Crippen LogP contribution is 2.63. The molecule has 0 heterocycles. The number of carbonyl (C=O) groups is 1. The van der Waals surface area contributed by atoms with Crippen LogP contribution >= 0.6 is 0 Å². The first-order chi connectivity index (χ1) is 16.3. The predicted molar refractivity (Wildman–Crippen MR) is 132 cm³/mol. The second-order valence-corrected chi connectivity index (χ2v) is 11.3.